The number of pyridine rings is 2. The summed E-state index contributed by atoms with van der Waals surface area (Å²) in [6, 6.07) is 6.93. The summed E-state index contributed by atoms with van der Waals surface area (Å²) in [6.07, 6.45) is 6.62. The van der Waals surface area contributed by atoms with Crippen LogP contribution < -0.4 is 4.74 Å². The van der Waals surface area contributed by atoms with Crippen molar-refractivity contribution in [3.63, 3.8) is 0 Å². The lowest BCUT2D eigenvalue weighted by atomic mass is 10.2. The minimum Gasteiger partial charge on any atom is -0.477 e. The largest absolute Gasteiger partial charge is 0.477 e. The van der Waals surface area contributed by atoms with Crippen molar-refractivity contribution in [1.29, 1.82) is 0 Å². The minimum absolute atomic E-state index is 0.0838. The van der Waals surface area contributed by atoms with Gasteiger partial charge in [-0.3, -0.25) is 9.78 Å². The van der Waals surface area contributed by atoms with Gasteiger partial charge in [-0.1, -0.05) is 0 Å². The molecule has 1 amide bonds. The highest BCUT2D eigenvalue weighted by molar-refractivity contribution is 7.89. The molecule has 0 saturated carbocycles. The molecule has 3 heterocycles. The maximum Gasteiger partial charge on any atom is 0.259 e. The lowest BCUT2D eigenvalue weighted by Gasteiger charge is -2.25. The second-order valence-corrected chi connectivity index (χ2v) is 8.88. The van der Waals surface area contributed by atoms with E-state index in [1.807, 2.05) is 19.1 Å². The van der Waals surface area contributed by atoms with Crippen molar-refractivity contribution in [2.24, 2.45) is 0 Å². The highest BCUT2D eigenvalue weighted by atomic mass is 32.2. The molecule has 1 aliphatic rings. The number of hydrogen-bond acceptors (Lipinski definition) is 6. The van der Waals surface area contributed by atoms with Gasteiger partial charge in [0.1, 0.15) is 5.56 Å². The number of rotatable bonds is 9. The quantitative estimate of drug-likeness (QED) is 0.618. The topological polar surface area (TPSA) is 92.7 Å². The molecule has 2 aromatic rings. The van der Waals surface area contributed by atoms with E-state index in [-0.39, 0.29) is 30.6 Å². The molecule has 0 aromatic carbocycles. The zero-order chi connectivity index (χ0) is 20.7. The molecule has 0 atom stereocenters. The molecule has 1 fully saturated rings. The molecule has 1 saturated heterocycles. The normalized spacial score (nSPS) is 14.7. The van der Waals surface area contributed by atoms with Gasteiger partial charge in [0.25, 0.3) is 5.91 Å². The van der Waals surface area contributed by atoms with E-state index in [0.29, 0.717) is 25.3 Å². The van der Waals surface area contributed by atoms with Crippen LogP contribution in [0.4, 0.5) is 0 Å². The number of ether oxygens (including phenoxy) is 1. The Hall–Kier alpha value is -2.52. The predicted molar refractivity (Wildman–Crippen MR) is 109 cm³/mol. The van der Waals surface area contributed by atoms with Crippen LogP contribution in [0.2, 0.25) is 0 Å². The standard InChI is InChI=1S/C20H26N4O4S/c1-2-28-19-18(6-5-9-22-19)20(25)23(16-17-7-10-21-11-8-17)14-15-29(26,27)24-12-3-4-13-24/h5-11H,2-4,12-16H2,1H3. The van der Waals surface area contributed by atoms with Gasteiger partial charge in [0.2, 0.25) is 15.9 Å². The van der Waals surface area contributed by atoms with Crippen LogP contribution in [0.25, 0.3) is 0 Å². The second kappa shape index (κ2) is 9.80. The summed E-state index contributed by atoms with van der Waals surface area (Å²) in [5.74, 6) is -0.175. The van der Waals surface area contributed by atoms with E-state index >= 15 is 0 Å². The fourth-order valence-corrected chi connectivity index (χ4v) is 4.78. The Morgan fingerprint density at radius 1 is 1.17 bits per heavy atom. The van der Waals surface area contributed by atoms with E-state index in [2.05, 4.69) is 9.97 Å². The van der Waals surface area contributed by atoms with Crippen molar-refractivity contribution in [1.82, 2.24) is 19.2 Å². The number of carbonyl (C=O) groups excluding carboxylic acids is 1. The van der Waals surface area contributed by atoms with Gasteiger partial charge in [-0.25, -0.2) is 17.7 Å². The van der Waals surface area contributed by atoms with Crippen molar-refractivity contribution in [2.45, 2.75) is 26.3 Å². The van der Waals surface area contributed by atoms with Gasteiger partial charge in [-0.2, -0.15) is 0 Å². The third-order valence-electron chi connectivity index (χ3n) is 4.77. The third kappa shape index (κ3) is 5.51. The molecule has 2 aromatic heterocycles. The predicted octanol–water partition coefficient (Wildman–Crippen LogP) is 1.94. The molecule has 3 rings (SSSR count). The number of nitrogens with zero attached hydrogens (tertiary/aromatic N) is 4. The summed E-state index contributed by atoms with van der Waals surface area (Å²) >= 11 is 0. The minimum atomic E-state index is -3.40. The first-order chi connectivity index (χ1) is 14.0. The van der Waals surface area contributed by atoms with Gasteiger partial charge in [-0.15, -0.1) is 0 Å². The van der Waals surface area contributed by atoms with E-state index in [0.717, 1.165) is 18.4 Å². The van der Waals surface area contributed by atoms with E-state index in [1.165, 1.54) is 9.21 Å². The first kappa shape index (κ1) is 21.2. The van der Waals surface area contributed by atoms with Crippen molar-refractivity contribution in [3.8, 4) is 5.88 Å². The Bertz CT molecular complexity index is 915. The molecule has 8 nitrogen and oxygen atoms in total. The third-order valence-corrected chi connectivity index (χ3v) is 6.62. The Labute approximate surface area is 171 Å². The van der Waals surface area contributed by atoms with Crippen molar-refractivity contribution < 1.29 is 17.9 Å². The molecular formula is C20H26N4O4S. The van der Waals surface area contributed by atoms with Crippen LogP contribution in [0, 0.1) is 0 Å². The lowest BCUT2D eigenvalue weighted by Crippen LogP contribution is -2.39. The van der Waals surface area contributed by atoms with Gasteiger partial charge in [-0.05, 0) is 49.6 Å². The molecule has 0 bridgehead atoms. The van der Waals surface area contributed by atoms with Crippen LogP contribution in [-0.4, -0.2) is 65.5 Å². The van der Waals surface area contributed by atoms with Gasteiger partial charge < -0.3 is 9.64 Å². The van der Waals surface area contributed by atoms with Crippen LogP contribution >= 0.6 is 0 Å². The lowest BCUT2D eigenvalue weighted by molar-refractivity contribution is 0.0748. The summed E-state index contributed by atoms with van der Waals surface area (Å²) in [6.45, 7) is 3.67. The van der Waals surface area contributed by atoms with Crippen LogP contribution in [0.5, 0.6) is 5.88 Å². The molecule has 1 aliphatic heterocycles. The van der Waals surface area contributed by atoms with Gasteiger partial charge in [0.15, 0.2) is 0 Å². The van der Waals surface area contributed by atoms with Crippen molar-refractivity contribution in [2.75, 3.05) is 32.0 Å². The zero-order valence-corrected chi connectivity index (χ0v) is 17.3. The van der Waals surface area contributed by atoms with Crippen LogP contribution in [-0.2, 0) is 16.6 Å². The fraction of sp³-hybridized carbons (Fsp3) is 0.450. The van der Waals surface area contributed by atoms with Gasteiger partial charge in [0.05, 0.1) is 12.4 Å². The van der Waals surface area contributed by atoms with Crippen molar-refractivity contribution >= 4 is 15.9 Å². The molecule has 0 radical (unpaired) electrons. The molecular weight excluding hydrogens is 392 g/mol. The summed E-state index contributed by atoms with van der Waals surface area (Å²) in [7, 11) is -3.40. The average Bonchev–Trinajstić information content (AvgIpc) is 3.28. The number of aromatic nitrogens is 2. The molecule has 0 unspecified atom stereocenters. The molecule has 29 heavy (non-hydrogen) atoms. The first-order valence-corrected chi connectivity index (χ1v) is 11.4. The SMILES string of the molecule is CCOc1ncccc1C(=O)N(CCS(=O)(=O)N1CCCC1)Cc1ccncc1. The number of carbonyl (C=O) groups is 1. The fourth-order valence-electron chi connectivity index (χ4n) is 3.26. The Morgan fingerprint density at radius 2 is 1.90 bits per heavy atom. The van der Waals surface area contributed by atoms with Crippen LogP contribution in [0.3, 0.4) is 0 Å². The Morgan fingerprint density at radius 3 is 2.59 bits per heavy atom. The summed E-state index contributed by atoms with van der Waals surface area (Å²) in [5.41, 5.74) is 1.19. The van der Waals surface area contributed by atoms with Crippen molar-refractivity contribution in [3.05, 3.63) is 54.0 Å². The molecule has 0 spiro atoms. The smallest absolute Gasteiger partial charge is 0.259 e. The average molecular weight is 419 g/mol. The number of hydrogen-bond donors (Lipinski definition) is 0. The van der Waals surface area contributed by atoms with E-state index in [4.69, 9.17) is 4.74 Å². The first-order valence-electron chi connectivity index (χ1n) is 9.75. The maximum atomic E-state index is 13.3. The highest BCUT2D eigenvalue weighted by Gasteiger charge is 2.28. The monoisotopic (exact) mass is 418 g/mol. The second-order valence-electron chi connectivity index (χ2n) is 6.79. The van der Waals surface area contributed by atoms with Crippen LogP contribution in [0.1, 0.15) is 35.7 Å². The summed E-state index contributed by atoms with van der Waals surface area (Å²) < 4.78 is 32.3. The molecule has 0 aliphatic carbocycles. The summed E-state index contributed by atoms with van der Waals surface area (Å²) in [5, 5.41) is 0. The Kier molecular flexibility index (Phi) is 7.16. The van der Waals surface area contributed by atoms with E-state index in [9.17, 15) is 13.2 Å². The highest BCUT2D eigenvalue weighted by Crippen LogP contribution is 2.19. The summed E-state index contributed by atoms with van der Waals surface area (Å²) in [4.78, 5) is 22.9. The van der Waals surface area contributed by atoms with E-state index < -0.39 is 10.0 Å². The number of amides is 1. The maximum absolute atomic E-state index is 13.3. The molecule has 0 N–H and O–H groups in total. The Balaban J connectivity index is 1.82. The van der Waals surface area contributed by atoms with Crippen LogP contribution in [0.15, 0.2) is 42.9 Å². The van der Waals surface area contributed by atoms with Gasteiger partial charge in [0, 0.05) is 44.8 Å². The van der Waals surface area contributed by atoms with Gasteiger partial charge >= 0.3 is 0 Å². The molecule has 9 heteroatoms. The zero-order valence-electron chi connectivity index (χ0n) is 16.5. The molecule has 156 valence electrons. The van der Waals surface area contributed by atoms with E-state index in [1.54, 1.807) is 30.7 Å². The number of sulfonamides is 1.